The van der Waals surface area contributed by atoms with Gasteiger partial charge in [-0.2, -0.15) is 48.6 Å². The maximum absolute atomic E-state index is 4.88. The third-order valence-electron chi connectivity index (χ3n) is 3.00. The average Bonchev–Trinajstić information content (AvgIpc) is 3.48. The summed E-state index contributed by atoms with van der Waals surface area (Å²) >= 11 is 0. The summed E-state index contributed by atoms with van der Waals surface area (Å²) in [4.78, 5) is 0. The van der Waals surface area contributed by atoms with Crippen LogP contribution in [0.2, 0.25) is 0 Å². The Morgan fingerprint density at radius 3 is 1.33 bits per heavy atom. The number of hydrogen-bond acceptors (Lipinski definition) is 2. The van der Waals surface area contributed by atoms with Crippen molar-refractivity contribution in [3.05, 3.63) is 109 Å². The molecule has 2 nitrogen and oxygen atoms in total. The Balaban J connectivity index is 0.000000337. The van der Waals surface area contributed by atoms with Gasteiger partial charge in [-0.3, -0.25) is 12.2 Å². The van der Waals surface area contributed by atoms with E-state index in [4.69, 9.17) is 9.47 Å². The summed E-state index contributed by atoms with van der Waals surface area (Å²) in [6, 6.07) is 20.6. The SMILES string of the molecule is COc1c[c-]ccc1.COc1c[c-]ccc1.[C-]1=CC=CC1.[C-]1=CC=CC1.[Ti+4]. The zero-order valence-electron chi connectivity index (χ0n) is 15.8. The normalized spacial score (nSPS) is 11.6. The van der Waals surface area contributed by atoms with Crippen LogP contribution in [0.15, 0.2) is 85.0 Å². The Hall–Kier alpha value is -2.29. The van der Waals surface area contributed by atoms with Crippen molar-refractivity contribution in [2.75, 3.05) is 14.2 Å². The van der Waals surface area contributed by atoms with Gasteiger partial charge in [0.05, 0.1) is 14.2 Å². The summed E-state index contributed by atoms with van der Waals surface area (Å²) in [5.74, 6) is 1.71. The Kier molecular flexibility index (Phi) is 16.9. The molecule has 0 heterocycles. The second-order valence-electron chi connectivity index (χ2n) is 4.89. The van der Waals surface area contributed by atoms with Gasteiger partial charge < -0.3 is 9.47 Å². The van der Waals surface area contributed by atoms with Crippen LogP contribution in [0.25, 0.3) is 0 Å². The second-order valence-corrected chi connectivity index (χ2v) is 4.89. The second kappa shape index (κ2) is 18.5. The number of rotatable bonds is 2. The van der Waals surface area contributed by atoms with Crippen molar-refractivity contribution in [2.24, 2.45) is 0 Å². The van der Waals surface area contributed by atoms with Crippen LogP contribution in [0.3, 0.4) is 0 Å². The first-order valence-electron chi connectivity index (χ1n) is 8.30. The molecule has 2 aromatic rings. The molecule has 0 saturated carbocycles. The van der Waals surface area contributed by atoms with Crippen LogP contribution in [-0.4, -0.2) is 14.2 Å². The van der Waals surface area contributed by atoms with Crippen LogP contribution in [0, 0.1) is 24.3 Å². The van der Waals surface area contributed by atoms with Gasteiger partial charge in [0, 0.05) is 11.5 Å². The maximum Gasteiger partial charge on any atom is 4.00 e. The minimum atomic E-state index is 0. The standard InChI is InChI=1S/2C7H7O.2C5H5.Ti/c2*1-8-7-5-3-2-4-6-7;2*1-2-4-5-3-1;/h2*2-3,5-6H,1H3;2*1-3H,4H2;/q4*-1;+4. The van der Waals surface area contributed by atoms with Crippen LogP contribution >= 0.6 is 0 Å². The van der Waals surface area contributed by atoms with E-state index in [1.54, 1.807) is 26.4 Å². The zero-order valence-corrected chi connectivity index (χ0v) is 17.4. The van der Waals surface area contributed by atoms with Crippen molar-refractivity contribution in [1.82, 2.24) is 0 Å². The molecule has 0 aromatic heterocycles. The molecular formula is C24H24O2Ti. The first kappa shape index (κ1) is 24.7. The summed E-state index contributed by atoms with van der Waals surface area (Å²) in [7, 11) is 3.28. The molecule has 0 aliphatic heterocycles. The minimum absolute atomic E-state index is 0. The monoisotopic (exact) mass is 392 g/mol. The number of ether oxygens (including phenoxy) is 2. The maximum atomic E-state index is 4.88. The summed E-state index contributed by atoms with van der Waals surface area (Å²) in [6.45, 7) is 0. The molecule has 27 heavy (non-hydrogen) atoms. The Morgan fingerprint density at radius 2 is 1.19 bits per heavy atom. The van der Waals surface area contributed by atoms with E-state index in [9.17, 15) is 0 Å². The largest absolute Gasteiger partial charge is 4.00 e. The van der Waals surface area contributed by atoms with E-state index in [2.05, 4.69) is 36.4 Å². The zero-order chi connectivity index (χ0) is 18.7. The first-order chi connectivity index (χ1) is 12.9. The van der Waals surface area contributed by atoms with Gasteiger partial charge in [0.25, 0.3) is 0 Å². The molecular weight excluding hydrogens is 368 g/mol. The Morgan fingerprint density at radius 1 is 0.741 bits per heavy atom. The molecule has 3 heteroatoms. The van der Waals surface area contributed by atoms with E-state index in [-0.39, 0.29) is 21.7 Å². The van der Waals surface area contributed by atoms with Crippen LogP contribution < -0.4 is 9.47 Å². The fourth-order valence-electron chi connectivity index (χ4n) is 1.69. The Labute approximate surface area is 178 Å². The molecule has 0 fully saturated rings. The molecule has 4 rings (SSSR count). The summed E-state index contributed by atoms with van der Waals surface area (Å²) in [5, 5.41) is 0. The molecule has 0 unspecified atom stereocenters. The van der Waals surface area contributed by atoms with Gasteiger partial charge in [0.1, 0.15) is 0 Å². The quantitative estimate of drug-likeness (QED) is 0.489. The van der Waals surface area contributed by atoms with E-state index in [1.165, 1.54) is 0 Å². The smallest absolute Gasteiger partial charge is 0.554 e. The van der Waals surface area contributed by atoms with Gasteiger partial charge in [-0.15, -0.1) is 37.1 Å². The van der Waals surface area contributed by atoms with E-state index >= 15 is 0 Å². The van der Waals surface area contributed by atoms with Crippen LogP contribution in [0.5, 0.6) is 11.5 Å². The van der Waals surface area contributed by atoms with E-state index in [1.807, 2.05) is 60.7 Å². The van der Waals surface area contributed by atoms with Gasteiger partial charge in [-0.05, 0) is 0 Å². The van der Waals surface area contributed by atoms with Gasteiger partial charge >= 0.3 is 21.7 Å². The number of allylic oxidation sites excluding steroid dienone is 8. The summed E-state index contributed by atoms with van der Waals surface area (Å²) < 4.78 is 9.77. The van der Waals surface area contributed by atoms with Crippen molar-refractivity contribution < 1.29 is 31.2 Å². The molecule has 136 valence electrons. The van der Waals surface area contributed by atoms with Gasteiger partial charge in [0.2, 0.25) is 0 Å². The number of hydrogen-bond donors (Lipinski definition) is 0. The van der Waals surface area contributed by atoms with Crippen LogP contribution in [0.4, 0.5) is 0 Å². The van der Waals surface area contributed by atoms with Gasteiger partial charge in [0.15, 0.2) is 0 Å². The predicted molar refractivity (Wildman–Crippen MR) is 107 cm³/mol. The van der Waals surface area contributed by atoms with E-state index in [0.717, 1.165) is 24.3 Å². The Bertz CT molecular complexity index is 593. The predicted octanol–water partition coefficient (Wildman–Crippen LogP) is 5.60. The van der Waals surface area contributed by atoms with Crippen molar-refractivity contribution in [2.45, 2.75) is 12.8 Å². The fraction of sp³-hybridized carbons (Fsp3) is 0.167. The van der Waals surface area contributed by atoms with Gasteiger partial charge in [-0.1, -0.05) is 0 Å². The molecule has 0 saturated heterocycles. The third-order valence-corrected chi connectivity index (χ3v) is 3.00. The van der Waals surface area contributed by atoms with Crippen molar-refractivity contribution >= 4 is 0 Å². The fourth-order valence-corrected chi connectivity index (χ4v) is 1.69. The molecule has 2 aromatic carbocycles. The van der Waals surface area contributed by atoms with Crippen molar-refractivity contribution in [1.29, 1.82) is 0 Å². The van der Waals surface area contributed by atoms with Gasteiger partial charge in [-0.25, -0.2) is 24.3 Å². The topological polar surface area (TPSA) is 18.5 Å². The molecule has 0 amide bonds. The minimum Gasteiger partial charge on any atom is -0.554 e. The average molecular weight is 392 g/mol. The molecule has 0 radical (unpaired) electrons. The van der Waals surface area contributed by atoms with Crippen LogP contribution in [-0.2, 0) is 21.7 Å². The molecule has 0 atom stereocenters. The molecule has 0 N–H and O–H groups in total. The molecule has 0 bridgehead atoms. The van der Waals surface area contributed by atoms with Crippen molar-refractivity contribution in [3.8, 4) is 11.5 Å². The third kappa shape index (κ3) is 14.6. The van der Waals surface area contributed by atoms with E-state index < -0.39 is 0 Å². The van der Waals surface area contributed by atoms with Crippen molar-refractivity contribution in [3.63, 3.8) is 0 Å². The summed E-state index contributed by atoms with van der Waals surface area (Å²) in [5.41, 5.74) is 0. The number of benzene rings is 2. The molecule has 2 aliphatic carbocycles. The molecule has 0 spiro atoms. The van der Waals surface area contributed by atoms with Crippen LogP contribution in [0.1, 0.15) is 12.8 Å². The first-order valence-corrected chi connectivity index (χ1v) is 8.30. The number of methoxy groups -OCH3 is 2. The molecule has 2 aliphatic rings. The van der Waals surface area contributed by atoms with E-state index in [0.29, 0.717) is 0 Å². The summed E-state index contributed by atoms with van der Waals surface area (Å²) in [6.07, 6.45) is 20.0.